The topological polar surface area (TPSA) is 12.0 Å². The lowest BCUT2D eigenvalue weighted by molar-refractivity contribution is 0.525. The summed E-state index contributed by atoms with van der Waals surface area (Å²) in [6, 6.07) is 3.23. The van der Waals surface area contributed by atoms with Crippen molar-refractivity contribution in [2.24, 2.45) is 0 Å². The van der Waals surface area contributed by atoms with E-state index in [2.05, 4.69) is 5.32 Å². The van der Waals surface area contributed by atoms with Crippen molar-refractivity contribution in [3.05, 3.63) is 69.8 Å². The minimum atomic E-state index is -0.903. The molecule has 0 saturated carbocycles. The van der Waals surface area contributed by atoms with Gasteiger partial charge in [-0.05, 0) is 50.2 Å². The summed E-state index contributed by atoms with van der Waals surface area (Å²) < 4.78 is 55.0. The minimum Gasteiger partial charge on any atom is -0.309 e. The second kappa shape index (κ2) is 5.85. The van der Waals surface area contributed by atoms with E-state index in [1.54, 1.807) is 0 Å². The highest BCUT2D eigenvalue weighted by Crippen LogP contribution is 2.29. The Morgan fingerprint density at radius 1 is 0.714 bits per heavy atom. The fourth-order valence-corrected chi connectivity index (χ4v) is 2.26. The fraction of sp³-hybridized carbons (Fsp3) is 0.250. The van der Waals surface area contributed by atoms with Crippen LogP contribution in [0.25, 0.3) is 0 Å². The first kappa shape index (κ1) is 15.5. The van der Waals surface area contributed by atoms with Gasteiger partial charge in [0.05, 0.1) is 6.04 Å². The molecule has 0 aliphatic carbocycles. The Labute approximate surface area is 120 Å². The molecule has 2 aromatic carbocycles. The number of aryl methyl sites for hydroxylation is 2. The van der Waals surface area contributed by atoms with E-state index in [4.69, 9.17) is 0 Å². The van der Waals surface area contributed by atoms with Gasteiger partial charge >= 0.3 is 0 Å². The third-order valence-electron chi connectivity index (χ3n) is 3.47. The normalized spacial score (nSPS) is 12.5. The molecule has 21 heavy (non-hydrogen) atoms. The van der Waals surface area contributed by atoms with Crippen LogP contribution in [0.3, 0.4) is 0 Å². The van der Waals surface area contributed by atoms with Crippen LogP contribution in [0.4, 0.5) is 17.6 Å². The molecule has 0 saturated heterocycles. The van der Waals surface area contributed by atoms with Gasteiger partial charge < -0.3 is 5.32 Å². The number of hydrogen-bond donors (Lipinski definition) is 1. The predicted octanol–water partition coefficient (Wildman–Crippen LogP) is 4.17. The third kappa shape index (κ3) is 2.93. The summed E-state index contributed by atoms with van der Waals surface area (Å²) in [7, 11) is 1.50. The van der Waals surface area contributed by atoms with Crippen molar-refractivity contribution < 1.29 is 17.6 Å². The summed E-state index contributed by atoms with van der Waals surface area (Å²) >= 11 is 0. The molecule has 1 N–H and O–H groups in total. The van der Waals surface area contributed by atoms with E-state index in [0.29, 0.717) is 0 Å². The molecule has 112 valence electrons. The molecule has 0 heterocycles. The van der Waals surface area contributed by atoms with Crippen molar-refractivity contribution in [1.29, 1.82) is 0 Å². The average Bonchev–Trinajstić information content (AvgIpc) is 2.42. The van der Waals surface area contributed by atoms with Crippen LogP contribution < -0.4 is 5.32 Å². The molecule has 1 nitrogen and oxygen atoms in total. The lowest BCUT2D eigenvalue weighted by atomic mass is 9.95. The van der Waals surface area contributed by atoms with Gasteiger partial charge in [0.15, 0.2) is 0 Å². The van der Waals surface area contributed by atoms with E-state index in [1.807, 2.05) is 0 Å². The quantitative estimate of drug-likeness (QED) is 0.839. The molecule has 0 radical (unpaired) electrons. The van der Waals surface area contributed by atoms with Gasteiger partial charge in [0.1, 0.15) is 23.3 Å². The van der Waals surface area contributed by atoms with Gasteiger partial charge in [0, 0.05) is 17.2 Å². The van der Waals surface area contributed by atoms with Crippen LogP contribution in [0, 0.1) is 37.1 Å². The Morgan fingerprint density at radius 3 is 1.81 bits per heavy atom. The smallest absolute Gasteiger partial charge is 0.131 e. The van der Waals surface area contributed by atoms with E-state index in [-0.39, 0.29) is 22.3 Å². The second-order valence-corrected chi connectivity index (χ2v) is 4.97. The van der Waals surface area contributed by atoms with Crippen LogP contribution in [0.2, 0.25) is 0 Å². The summed E-state index contributed by atoms with van der Waals surface area (Å²) in [4.78, 5) is 0. The van der Waals surface area contributed by atoms with Gasteiger partial charge in [-0.15, -0.1) is 0 Å². The van der Waals surface area contributed by atoms with Crippen molar-refractivity contribution in [3.63, 3.8) is 0 Å². The Bertz CT molecular complexity index is 625. The monoisotopic (exact) mass is 297 g/mol. The first-order chi connectivity index (χ1) is 9.85. The lowest BCUT2D eigenvalue weighted by Gasteiger charge is -2.20. The SMILES string of the molecule is CNC(c1cc(C)c(F)cc1F)c1cc(F)c(C)cc1F. The molecule has 1 unspecified atom stereocenters. The molecule has 0 aliphatic rings. The Balaban J connectivity index is 2.60. The van der Waals surface area contributed by atoms with E-state index in [9.17, 15) is 17.6 Å². The molecule has 0 bridgehead atoms. The largest absolute Gasteiger partial charge is 0.309 e. The number of benzene rings is 2. The van der Waals surface area contributed by atoms with Gasteiger partial charge in [-0.25, -0.2) is 17.6 Å². The molecular formula is C16H15F4N. The fourth-order valence-electron chi connectivity index (χ4n) is 2.26. The van der Waals surface area contributed by atoms with Gasteiger partial charge in [-0.3, -0.25) is 0 Å². The second-order valence-electron chi connectivity index (χ2n) is 4.97. The summed E-state index contributed by atoms with van der Waals surface area (Å²) in [5.41, 5.74) is 0.450. The molecule has 0 amide bonds. The third-order valence-corrected chi connectivity index (χ3v) is 3.47. The first-order valence-electron chi connectivity index (χ1n) is 6.43. The van der Waals surface area contributed by atoms with E-state index in [0.717, 1.165) is 18.2 Å². The molecule has 2 aromatic rings. The van der Waals surface area contributed by atoms with Crippen LogP contribution in [0.5, 0.6) is 0 Å². The zero-order valence-electron chi connectivity index (χ0n) is 11.9. The zero-order valence-corrected chi connectivity index (χ0v) is 11.9. The molecule has 0 fully saturated rings. The number of nitrogens with one attached hydrogen (secondary N) is 1. The van der Waals surface area contributed by atoms with Crippen molar-refractivity contribution in [1.82, 2.24) is 5.32 Å². The summed E-state index contributed by atoms with van der Waals surface area (Å²) in [6.07, 6.45) is 0. The Hall–Kier alpha value is -1.88. The van der Waals surface area contributed by atoms with Crippen molar-refractivity contribution in [2.75, 3.05) is 7.05 Å². The van der Waals surface area contributed by atoms with Crippen LogP contribution >= 0.6 is 0 Å². The van der Waals surface area contributed by atoms with Crippen LogP contribution in [0.1, 0.15) is 28.3 Å². The summed E-state index contributed by atoms with van der Waals surface area (Å²) in [5.74, 6) is -2.71. The molecule has 0 spiro atoms. The maximum atomic E-state index is 14.1. The molecule has 5 heteroatoms. The number of halogens is 4. The van der Waals surface area contributed by atoms with Gasteiger partial charge in [0.25, 0.3) is 0 Å². The van der Waals surface area contributed by atoms with E-state index in [1.165, 1.54) is 27.0 Å². The van der Waals surface area contributed by atoms with Crippen LogP contribution in [-0.2, 0) is 0 Å². The zero-order chi connectivity index (χ0) is 15.7. The Morgan fingerprint density at radius 2 is 1.19 bits per heavy atom. The Kier molecular flexibility index (Phi) is 4.32. The standard InChI is InChI=1S/C16H15F4N/c1-8-4-10(15(20)7-13(8)18)16(21-3)11-6-12(17)9(2)5-14(11)19/h4-7,16,21H,1-3H3. The average molecular weight is 297 g/mol. The van der Waals surface area contributed by atoms with Gasteiger partial charge in [-0.1, -0.05) is 0 Å². The van der Waals surface area contributed by atoms with E-state index >= 15 is 0 Å². The highest BCUT2D eigenvalue weighted by atomic mass is 19.1. The maximum Gasteiger partial charge on any atom is 0.131 e. The highest BCUT2D eigenvalue weighted by Gasteiger charge is 2.22. The van der Waals surface area contributed by atoms with Crippen LogP contribution in [-0.4, -0.2) is 7.05 Å². The predicted molar refractivity (Wildman–Crippen MR) is 73.1 cm³/mol. The van der Waals surface area contributed by atoms with Gasteiger partial charge in [0.2, 0.25) is 0 Å². The molecule has 2 rings (SSSR count). The van der Waals surface area contributed by atoms with E-state index < -0.39 is 29.3 Å². The molecular weight excluding hydrogens is 282 g/mol. The van der Waals surface area contributed by atoms with Crippen molar-refractivity contribution >= 4 is 0 Å². The number of hydrogen-bond acceptors (Lipinski definition) is 1. The first-order valence-corrected chi connectivity index (χ1v) is 6.43. The maximum absolute atomic E-state index is 14.1. The summed E-state index contributed by atoms with van der Waals surface area (Å²) in [5, 5.41) is 2.74. The minimum absolute atomic E-state index is 0.0227. The molecule has 0 aromatic heterocycles. The van der Waals surface area contributed by atoms with Gasteiger partial charge in [-0.2, -0.15) is 0 Å². The number of rotatable bonds is 3. The van der Waals surface area contributed by atoms with Crippen molar-refractivity contribution in [3.8, 4) is 0 Å². The molecule has 1 atom stereocenters. The summed E-state index contributed by atoms with van der Waals surface area (Å²) in [6.45, 7) is 2.93. The molecule has 0 aliphatic heterocycles. The lowest BCUT2D eigenvalue weighted by Crippen LogP contribution is -2.21. The van der Waals surface area contributed by atoms with Crippen LogP contribution in [0.15, 0.2) is 24.3 Å². The van der Waals surface area contributed by atoms with Crippen molar-refractivity contribution in [2.45, 2.75) is 19.9 Å². The highest BCUT2D eigenvalue weighted by molar-refractivity contribution is 5.38.